The summed E-state index contributed by atoms with van der Waals surface area (Å²) in [5.41, 5.74) is 8.13. The van der Waals surface area contributed by atoms with Crippen molar-refractivity contribution in [3.8, 4) is 0 Å². The summed E-state index contributed by atoms with van der Waals surface area (Å²) in [5, 5.41) is 0. The van der Waals surface area contributed by atoms with Crippen LogP contribution >= 0.6 is 0 Å². The monoisotopic (exact) mass is 202 g/mol. The van der Waals surface area contributed by atoms with Gasteiger partial charge in [-0.2, -0.15) is 0 Å². The van der Waals surface area contributed by atoms with E-state index in [9.17, 15) is 0 Å². The molecule has 3 rings (SSSR count). The maximum atomic E-state index is 5.50. The van der Waals surface area contributed by atoms with E-state index in [-0.39, 0.29) is 6.10 Å². The topological polar surface area (TPSA) is 47.6 Å². The molecule has 1 atom stereocenters. The van der Waals surface area contributed by atoms with Crippen LogP contribution in [-0.4, -0.2) is 12.6 Å². The minimum atomic E-state index is 0.0312. The minimum Gasteiger partial charge on any atom is -0.455 e. The number of aliphatic imine (C=N–C) groups is 1. The molecule has 0 radical (unpaired) electrons. The largest absolute Gasteiger partial charge is 0.455 e. The average molecular weight is 202 g/mol. The summed E-state index contributed by atoms with van der Waals surface area (Å²) in [4.78, 5) is 4.06. The van der Waals surface area contributed by atoms with Crippen LogP contribution in [-0.2, 0) is 4.74 Å². The first-order valence-corrected chi connectivity index (χ1v) is 5.39. The number of ether oxygens (including phenoxy) is 1. The van der Waals surface area contributed by atoms with Crippen molar-refractivity contribution in [2.75, 3.05) is 6.54 Å². The first kappa shape index (κ1) is 8.77. The summed E-state index contributed by atoms with van der Waals surface area (Å²) in [5.74, 6) is 0.782. The van der Waals surface area contributed by atoms with Crippen LogP contribution in [0.5, 0.6) is 0 Å². The van der Waals surface area contributed by atoms with E-state index < -0.39 is 0 Å². The molecule has 2 aliphatic rings. The molecule has 78 valence electrons. The van der Waals surface area contributed by atoms with Crippen LogP contribution in [0.2, 0.25) is 0 Å². The first-order valence-electron chi connectivity index (χ1n) is 5.39. The van der Waals surface area contributed by atoms with E-state index in [0.29, 0.717) is 12.6 Å². The highest BCUT2D eigenvalue weighted by Gasteiger charge is 2.25. The zero-order valence-electron chi connectivity index (χ0n) is 8.52. The second-order valence-electron chi connectivity index (χ2n) is 4.23. The van der Waals surface area contributed by atoms with E-state index in [4.69, 9.17) is 10.5 Å². The molecular weight excluding hydrogens is 188 g/mol. The van der Waals surface area contributed by atoms with E-state index in [1.54, 1.807) is 0 Å². The Labute approximate surface area is 89.0 Å². The Morgan fingerprint density at radius 3 is 2.73 bits per heavy atom. The SMILES string of the molecule is NC1=NCC(c2cccc(C3CC3)c2)O1. The number of nitrogens with zero attached hydrogens (tertiary/aromatic N) is 1. The summed E-state index contributed by atoms with van der Waals surface area (Å²) < 4.78 is 5.43. The fourth-order valence-electron chi connectivity index (χ4n) is 2.00. The number of amidine groups is 1. The molecule has 0 saturated heterocycles. The quantitative estimate of drug-likeness (QED) is 0.796. The lowest BCUT2D eigenvalue weighted by Crippen LogP contribution is -2.13. The number of nitrogens with two attached hydrogens (primary N) is 1. The second-order valence-corrected chi connectivity index (χ2v) is 4.23. The zero-order chi connectivity index (χ0) is 10.3. The molecule has 1 aliphatic carbocycles. The zero-order valence-corrected chi connectivity index (χ0v) is 8.52. The maximum absolute atomic E-state index is 5.50. The predicted octanol–water partition coefficient (Wildman–Crippen LogP) is 1.95. The lowest BCUT2D eigenvalue weighted by Gasteiger charge is -2.11. The molecule has 1 unspecified atom stereocenters. The lowest BCUT2D eigenvalue weighted by atomic mass is 10.0. The molecule has 1 fully saturated rings. The molecule has 15 heavy (non-hydrogen) atoms. The highest BCUT2D eigenvalue weighted by Crippen LogP contribution is 2.40. The molecule has 0 amide bonds. The van der Waals surface area contributed by atoms with Crippen LogP contribution in [0, 0.1) is 0 Å². The van der Waals surface area contributed by atoms with Gasteiger partial charge in [0.1, 0.15) is 6.10 Å². The van der Waals surface area contributed by atoms with E-state index in [1.807, 2.05) is 0 Å². The third-order valence-electron chi connectivity index (χ3n) is 3.01. The summed E-state index contributed by atoms with van der Waals surface area (Å²) in [6.07, 6.45) is 2.69. The van der Waals surface area contributed by atoms with E-state index in [0.717, 1.165) is 5.92 Å². The van der Waals surface area contributed by atoms with Gasteiger partial charge < -0.3 is 10.5 Å². The van der Waals surface area contributed by atoms with Crippen molar-refractivity contribution in [1.82, 2.24) is 0 Å². The number of benzene rings is 1. The summed E-state index contributed by atoms with van der Waals surface area (Å²) in [7, 11) is 0. The van der Waals surface area contributed by atoms with Crippen LogP contribution in [0.3, 0.4) is 0 Å². The Morgan fingerprint density at radius 1 is 1.27 bits per heavy atom. The summed E-state index contributed by atoms with van der Waals surface area (Å²) in [6, 6.07) is 8.93. The molecule has 1 aromatic carbocycles. The van der Waals surface area contributed by atoms with Gasteiger partial charge in [-0.3, -0.25) is 0 Å². The molecule has 1 aromatic rings. The number of hydrogen-bond acceptors (Lipinski definition) is 3. The van der Waals surface area contributed by atoms with Gasteiger partial charge >= 0.3 is 0 Å². The Bertz CT molecular complexity index is 410. The Kier molecular flexibility index (Phi) is 1.91. The molecule has 3 nitrogen and oxygen atoms in total. The van der Waals surface area contributed by atoms with Gasteiger partial charge in [-0.15, -0.1) is 0 Å². The fourth-order valence-corrected chi connectivity index (χ4v) is 2.00. The third-order valence-corrected chi connectivity index (χ3v) is 3.01. The van der Waals surface area contributed by atoms with Gasteiger partial charge in [0.25, 0.3) is 6.02 Å². The Balaban J connectivity index is 1.82. The van der Waals surface area contributed by atoms with Gasteiger partial charge in [0.2, 0.25) is 0 Å². The van der Waals surface area contributed by atoms with Gasteiger partial charge in [0.15, 0.2) is 0 Å². The lowest BCUT2D eigenvalue weighted by molar-refractivity contribution is 0.226. The molecule has 2 N–H and O–H groups in total. The standard InChI is InChI=1S/C12H14N2O/c13-12-14-7-11(15-12)10-3-1-2-9(6-10)8-4-5-8/h1-3,6,8,11H,4-5,7H2,(H2,13,14). The van der Waals surface area contributed by atoms with Crippen molar-refractivity contribution >= 4 is 6.02 Å². The van der Waals surface area contributed by atoms with Gasteiger partial charge in [-0.05, 0) is 29.9 Å². The Hall–Kier alpha value is -1.51. The molecular formula is C12H14N2O. The van der Waals surface area contributed by atoms with Crippen LogP contribution < -0.4 is 5.73 Å². The summed E-state index contributed by atoms with van der Waals surface area (Å²) in [6.45, 7) is 0.653. The van der Waals surface area contributed by atoms with Gasteiger partial charge in [-0.1, -0.05) is 24.3 Å². The van der Waals surface area contributed by atoms with Gasteiger partial charge in [0, 0.05) is 0 Å². The number of hydrogen-bond donors (Lipinski definition) is 1. The normalized spacial score (nSPS) is 24.8. The van der Waals surface area contributed by atoms with Crippen molar-refractivity contribution in [2.45, 2.75) is 24.9 Å². The predicted molar refractivity (Wildman–Crippen MR) is 58.7 cm³/mol. The van der Waals surface area contributed by atoms with Crippen molar-refractivity contribution in [1.29, 1.82) is 0 Å². The second kappa shape index (κ2) is 3.26. The van der Waals surface area contributed by atoms with Crippen LogP contribution in [0.15, 0.2) is 29.3 Å². The maximum Gasteiger partial charge on any atom is 0.282 e. The van der Waals surface area contributed by atoms with Crippen molar-refractivity contribution in [3.05, 3.63) is 35.4 Å². The molecule has 1 heterocycles. The molecule has 3 heteroatoms. The molecule has 0 aromatic heterocycles. The van der Waals surface area contributed by atoms with Crippen LogP contribution in [0.1, 0.15) is 36.0 Å². The Morgan fingerprint density at radius 2 is 2.07 bits per heavy atom. The molecule has 0 bridgehead atoms. The van der Waals surface area contributed by atoms with Gasteiger partial charge in [0.05, 0.1) is 6.54 Å². The van der Waals surface area contributed by atoms with Gasteiger partial charge in [-0.25, -0.2) is 4.99 Å². The van der Waals surface area contributed by atoms with Crippen LogP contribution in [0.25, 0.3) is 0 Å². The molecule has 1 saturated carbocycles. The smallest absolute Gasteiger partial charge is 0.282 e. The number of rotatable bonds is 2. The van der Waals surface area contributed by atoms with Crippen molar-refractivity contribution < 1.29 is 4.74 Å². The highest BCUT2D eigenvalue weighted by atomic mass is 16.5. The minimum absolute atomic E-state index is 0.0312. The first-order chi connectivity index (χ1) is 7.33. The van der Waals surface area contributed by atoms with Crippen LogP contribution in [0.4, 0.5) is 0 Å². The van der Waals surface area contributed by atoms with E-state index >= 15 is 0 Å². The van der Waals surface area contributed by atoms with Crippen molar-refractivity contribution in [3.63, 3.8) is 0 Å². The summed E-state index contributed by atoms with van der Waals surface area (Å²) >= 11 is 0. The highest BCUT2D eigenvalue weighted by molar-refractivity contribution is 5.73. The molecule has 1 aliphatic heterocycles. The fraction of sp³-hybridized carbons (Fsp3) is 0.417. The van der Waals surface area contributed by atoms with Crippen molar-refractivity contribution in [2.24, 2.45) is 10.7 Å². The third kappa shape index (κ3) is 1.69. The van der Waals surface area contributed by atoms with E-state index in [1.165, 1.54) is 24.0 Å². The van der Waals surface area contributed by atoms with E-state index in [2.05, 4.69) is 29.3 Å². The molecule has 0 spiro atoms. The average Bonchev–Trinajstić information content (AvgIpc) is 3.02.